The summed E-state index contributed by atoms with van der Waals surface area (Å²) in [7, 11) is 0. The molecular formula is C14H10N4. The van der Waals surface area contributed by atoms with Gasteiger partial charge in [0.1, 0.15) is 11.3 Å². The van der Waals surface area contributed by atoms with Gasteiger partial charge < -0.3 is 10.7 Å². The van der Waals surface area contributed by atoms with E-state index in [9.17, 15) is 0 Å². The SMILES string of the molecule is N#Cc1cccc(-c2nc3c(N)cccc3[nH]2)c1. The quantitative estimate of drug-likeness (QED) is 0.635. The lowest BCUT2D eigenvalue weighted by Gasteiger charge is -1.96. The summed E-state index contributed by atoms with van der Waals surface area (Å²) in [5, 5.41) is 8.89. The Morgan fingerprint density at radius 1 is 1.17 bits per heavy atom. The molecule has 86 valence electrons. The Morgan fingerprint density at radius 2 is 2.00 bits per heavy atom. The number of nitrogens with one attached hydrogen (secondary N) is 1. The summed E-state index contributed by atoms with van der Waals surface area (Å²) < 4.78 is 0. The van der Waals surface area contributed by atoms with E-state index < -0.39 is 0 Å². The third kappa shape index (κ3) is 1.59. The molecule has 3 aromatic rings. The third-order valence-corrected chi connectivity index (χ3v) is 2.81. The van der Waals surface area contributed by atoms with Crippen LogP contribution < -0.4 is 5.73 Å². The topological polar surface area (TPSA) is 78.5 Å². The molecule has 0 fully saturated rings. The first-order chi connectivity index (χ1) is 8.78. The molecule has 18 heavy (non-hydrogen) atoms. The zero-order valence-corrected chi connectivity index (χ0v) is 9.51. The van der Waals surface area contributed by atoms with Crippen molar-refractivity contribution in [2.24, 2.45) is 0 Å². The van der Waals surface area contributed by atoms with Gasteiger partial charge in [-0.05, 0) is 24.3 Å². The van der Waals surface area contributed by atoms with Crippen molar-refractivity contribution in [2.45, 2.75) is 0 Å². The van der Waals surface area contributed by atoms with Crippen molar-refractivity contribution < 1.29 is 0 Å². The van der Waals surface area contributed by atoms with Crippen LogP contribution in [0, 0.1) is 11.3 Å². The number of aromatic nitrogens is 2. The standard InChI is InChI=1S/C14H10N4/c15-8-9-3-1-4-10(7-9)14-17-12-6-2-5-11(16)13(12)18-14/h1-7H,16H2,(H,17,18). The van der Waals surface area contributed by atoms with Gasteiger partial charge in [-0.15, -0.1) is 0 Å². The maximum Gasteiger partial charge on any atom is 0.138 e. The van der Waals surface area contributed by atoms with Gasteiger partial charge in [-0.1, -0.05) is 18.2 Å². The van der Waals surface area contributed by atoms with Crippen LogP contribution in [0.5, 0.6) is 0 Å². The highest BCUT2D eigenvalue weighted by Gasteiger charge is 2.07. The molecule has 0 aliphatic heterocycles. The van der Waals surface area contributed by atoms with Crippen LogP contribution in [-0.4, -0.2) is 9.97 Å². The normalized spacial score (nSPS) is 10.4. The lowest BCUT2D eigenvalue weighted by Crippen LogP contribution is -1.85. The van der Waals surface area contributed by atoms with E-state index in [4.69, 9.17) is 11.0 Å². The highest BCUT2D eigenvalue weighted by Crippen LogP contribution is 2.24. The molecule has 3 N–H and O–H groups in total. The first-order valence-electron chi connectivity index (χ1n) is 5.52. The van der Waals surface area contributed by atoms with Crippen molar-refractivity contribution in [3.8, 4) is 17.5 Å². The third-order valence-electron chi connectivity index (χ3n) is 2.81. The molecule has 0 saturated carbocycles. The Kier molecular flexibility index (Phi) is 2.24. The number of imidazole rings is 1. The van der Waals surface area contributed by atoms with Crippen LogP contribution in [0.25, 0.3) is 22.4 Å². The van der Waals surface area contributed by atoms with Crippen LogP contribution in [0.4, 0.5) is 5.69 Å². The largest absolute Gasteiger partial charge is 0.397 e. The number of hydrogen-bond acceptors (Lipinski definition) is 3. The van der Waals surface area contributed by atoms with Crippen LogP contribution in [0.15, 0.2) is 42.5 Å². The second kappa shape index (κ2) is 3.90. The number of nitrogens with two attached hydrogens (primary N) is 1. The molecule has 3 rings (SSSR count). The first-order valence-corrected chi connectivity index (χ1v) is 5.52. The van der Waals surface area contributed by atoms with Gasteiger partial charge in [0, 0.05) is 5.56 Å². The van der Waals surface area contributed by atoms with E-state index in [1.165, 1.54) is 0 Å². The summed E-state index contributed by atoms with van der Waals surface area (Å²) >= 11 is 0. The number of nitrogens with zero attached hydrogens (tertiary/aromatic N) is 2. The van der Waals surface area contributed by atoms with E-state index in [2.05, 4.69) is 16.0 Å². The molecular weight excluding hydrogens is 224 g/mol. The van der Waals surface area contributed by atoms with Crippen LogP contribution in [-0.2, 0) is 0 Å². The lowest BCUT2D eigenvalue weighted by molar-refractivity contribution is 1.33. The van der Waals surface area contributed by atoms with Crippen LogP contribution in [0.3, 0.4) is 0 Å². The molecule has 0 unspecified atom stereocenters. The van der Waals surface area contributed by atoms with Crippen molar-refractivity contribution in [1.82, 2.24) is 9.97 Å². The number of H-pyrrole nitrogens is 1. The zero-order chi connectivity index (χ0) is 12.5. The smallest absolute Gasteiger partial charge is 0.138 e. The Balaban J connectivity index is 2.20. The molecule has 1 aromatic heterocycles. The number of benzene rings is 2. The number of anilines is 1. The molecule has 0 amide bonds. The lowest BCUT2D eigenvalue weighted by atomic mass is 10.1. The Labute approximate surface area is 104 Å². The summed E-state index contributed by atoms with van der Waals surface area (Å²) in [5.74, 6) is 0.722. The van der Waals surface area contributed by atoms with Gasteiger partial charge in [-0.2, -0.15) is 5.26 Å². The summed E-state index contributed by atoms with van der Waals surface area (Å²) in [5.41, 5.74) is 9.66. The predicted octanol–water partition coefficient (Wildman–Crippen LogP) is 2.68. The fourth-order valence-electron chi connectivity index (χ4n) is 1.93. The van der Waals surface area contributed by atoms with E-state index >= 15 is 0 Å². The molecule has 1 heterocycles. The van der Waals surface area contributed by atoms with Gasteiger partial charge in [-0.3, -0.25) is 0 Å². The average Bonchev–Trinajstić information content (AvgIpc) is 2.84. The Morgan fingerprint density at radius 3 is 2.78 bits per heavy atom. The number of nitriles is 1. The maximum absolute atomic E-state index is 8.89. The van der Waals surface area contributed by atoms with Crippen molar-refractivity contribution >= 4 is 16.7 Å². The zero-order valence-electron chi connectivity index (χ0n) is 9.51. The fraction of sp³-hybridized carbons (Fsp3) is 0. The van der Waals surface area contributed by atoms with Gasteiger partial charge in [0.15, 0.2) is 0 Å². The predicted molar refractivity (Wildman–Crippen MR) is 70.7 cm³/mol. The van der Waals surface area contributed by atoms with Gasteiger partial charge in [0.25, 0.3) is 0 Å². The highest BCUT2D eigenvalue weighted by atomic mass is 14.9. The summed E-state index contributed by atoms with van der Waals surface area (Å²) in [6.45, 7) is 0. The second-order valence-electron chi connectivity index (χ2n) is 4.02. The molecule has 0 spiro atoms. The minimum atomic E-state index is 0.612. The molecule has 0 bridgehead atoms. The highest BCUT2D eigenvalue weighted by molar-refractivity contribution is 5.89. The number of hydrogen-bond donors (Lipinski definition) is 2. The van der Waals surface area contributed by atoms with E-state index in [1.807, 2.05) is 30.3 Å². The number of fused-ring (bicyclic) bond motifs is 1. The molecule has 0 saturated heterocycles. The summed E-state index contributed by atoms with van der Waals surface area (Å²) in [6.07, 6.45) is 0. The monoisotopic (exact) mass is 234 g/mol. The number of para-hydroxylation sites is 1. The van der Waals surface area contributed by atoms with Gasteiger partial charge in [0.05, 0.1) is 22.8 Å². The number of rotatable bonds is 1. The Bertz CT molecular complexity index is 765. The van der Waals surface area contributed by atoms with Crippen molar-refractivity contribution in [2.75, 3.05) is 5.73 Å². The molecule has 0 radical (unpaired) electrons. The molecule has 2 aromatic carbocycles. The minimum Gasteiger partial charge on any atom is -0.397 e. The van der Waals surface area contributed by atoms with E-state index in [-0.39, 0.29) is 0 Å². The molecule has 0 atom stereocenters. The molecule has 0 aliphatic carbocycles. The molecule has 0 aliphatic rings. The van der Waals surface area contributed by atoms with Crippen molar-refractivity contribution in [1.29, 1.82) is 5.26 Å². The Hall–Kier alpha value is -2.80. The van der Waals surface area contributed by atoms with Crippen LogP contribution >= 0.6 is 0 Å². The average molecular weight is 234 g/mol. The molecule has 4 heteroatoms. The minimum absolute atomic E-state index is 0.612. The summed E-state index contributed by atoms with van der Waals surface area (Å²) in [4.78, 5) is 7.67. The number of nitrogen functional groups attached to an aromatic ring is 1. The van der Waals surface area contributed by atoms with E-state index in [0.29, 0.717) is 11.3 Å². The summed E-state index contributed by atoms with van der Waals surface area (Å²) in [6, 6.07) is 15.1. The molecule has 4 nitrogen and oxygen atoms in total. The maximum atomic E-state index is 8.89. The van der Waals surface area contributed by atoms with Crippen molar-refractivity contribution in [3.05, 3.63) is 48.0 Å². The van der Waals surface area contributed by atoms with Crippen molar-refractivity contribution in [3.63, 3.8) is 0 Å². The van der Waals surface area contributed by atoms with Gasteiger partial charge in [0.2, 0.25) is 0 Å². The fourth-order valence-corrected chi connectivity index (χ4v) is 1.93. The van der Waals surface area contributed by atoms with E-state index in [0.717, 1.165) is 22.4 Å². The van der Waals surface area contributed by atoms with Gasteiger partial charge in [-0.25, -0.2) is 4.98 Å². The second-order valence-corrected chi connectivity index (χ2v) is 4.02. The first kappa shape index (κ1) is 10.4. The van der Waals surface area contributed by atoms with Crippen LogP contribution in [0.2, 0.25) is 0 Å². The van der Waals surface area contributed by atoms with Gasteiger partial charge >= 0.3 is 0 Å². The van der Waals surface area contributed by atoms with E-state index in [1.54, 1.807) is 12.1 Å². The number of aromatic amines is 1. The van der Waals surface area contributed by atoms with Crippen LogP contribution in [0.1, 0.15) is 5.56 Å².